The molecule has 4 aromatic rings. The smallest absolute Gasteiger partial charge is 0.251 e. The molecule has 11 heteroatoms. The number of ether oxygens (including phenoxy) is 1. The molecule has 2 amide bonds. The van der Waals surface area contributed by atoms with Crippen LogP contribution in [0.4, 0.5) is 9.52 Å². The highest BCUT2D eigenvalue weighted by Gasteiger charge is 2.45. The number of benzene rings is 2. The predicted molar refractivity (Wildman–Crippen MR) is 150 cm³/mol. The van der Waals surface area contributed by atoms with E-state index in [1.54, 1.807) is 43.3 Å². The Morgan fingerprint density at radius 2 is 1.95 bits per heavy atom. The lowest BCUT2D eigenvalue weighted by atomic mass is 9.82. The summed E-state index contributed by atoms with van der Waals surface area (Å²) in [6.07, 6.45) is 2.28. The highest BCUT2D eigenvalue weighted by atomic mass is 32.1. The summed E-state index contributed by atoms with van der Waals surface area (Å²) in [5, 5.41) is 18.5. The van der Waals surface area contributed by atoms with Crippen molar-refractivity contribution in [2.75, 3.05) is 18.5 Å². The number of carbonyl (C=O) groups excluding carboxylic acids is 2. The Balaban J connectivity index is 1.28. The van der Waals surface area contributed by atoms with E-state index < -0.39 is 22.7 Å². The van der Waals surface area contributed by atoms with Gasteiger partial charge in [-0.3, -0.25) is 9.59 Å². The molecule has 2 atom stereocenters. The van der Waals surface area contributed by atoms with E-state index in [4.69, 9.17) is 10.5 Å². The molecule has 0 unspecified atom stereocenters. The SMILES string of the molecule is C[C@](O)(CNC(=O)c1ccc2nc(NC3CC3)sc2c1)c1cc2c(c(-c3ccc(F)cc3)n1)OC[C@]2(C)C(N)=O. The van der Waals surface area contributed by atoms with Crippen LogP contribution in [0.2, 0.25) is 0 Å². The zero-order valence-corrected chi connectivity index (χ0v) is 22.8. The topological polar surface area (TPSA) is 139 Å². The van der Waals surface area contributed by atoms with Crippen molar-refractivity contribution >= 4 is 38.5 Å². The highest BCUT2D eigenvalue weighted by Crippen LogP contribution is 2.45. The number of halogens is 1. The number of thiazole rings is 1. The first-order valence-electron chi connectivity index (χ1n) is 13.0. The second-order valence-electron chi connectivity index (χ2n) is 10.8. The van der Waals surface area contributed by atoms with Gasteiger partial charge in [-0.25, -0.2) is 14.4 Å². The summed E-state index contributed by atoms with van der Waals surface area (Å²) in [7, 11) is 0. The van der Waals surface area contributed by atoms with Gasteiger partial charge in [0.05, 0.1) is 22.5 Å². The van der Waals surface area contributed by atoms with Crippen molar-refractivity contribution in [3.8, 4) is 17.0 Å². The largest absolute Gasteiger partial charge is 0.489 e. The molecule has 1 aliphatic carbocycles. The van der Waals surface area contributed by atoms with Gasteiger partial charge >= 0.3 is 0 Å². The van der Waals surface area contributed by atoms with E-state index in [0.717, 1.165) is 28.2 Å². The molecule has 6 rings (SSSR count). The summed E-state index contributed by atoms with van der Waals surface area (Å²) in [6.45, 7) is 3.03. The lowest BCUT2D eigenvalue weighted by molar-refractivity contribution is -0.123. The summed E-state index contributed by atoms with van der Waals surface area (Å²) in [5.41, 5.74) is 5.76. The van der Waals surface area contributed by atoms with E-state index in [9.17, 15) is 19.1 Å². The minimum absolute atomic E-state index is 0.00776. The fourth-order valence-electron chi connectivity index (χ4n) is 4.64. The number of nitrogens with two attached hydrogens (primary N) is 1. The van der Waals surface area contributed by atoms with Crippen molar-refractivity contribution in [1.29, 1.82) is 0 Å². The highest BCUT2D eigenvalue weighted by molar-refractivity contribution is 7.22. The molecule has 0 bridgehead atoms. The van der Waals surface area contributed by atoms with Gasteiger partial charge in [0, 0.05) is 22.7 Å². The van der Waals surface area contributed by atoms with E-state index in [1.165, 1.54) is 30.4 Å². The first kappa shape index (κ1) is 26.1. The third kappa shape index (κ3) is 4.75. The van der Waals surface area contributed by atoms with Crippen LogP contribution in [0, 0.1) is 5.82 Å². The van der Waals surface area contributed by atoms with Gasteiger partial charge in [-0.2, -0.15) is 0 Å². The number of hydrogen-bond donors (Lipinski definition) is 4. The number of anilines is 1. The maximum absolute atomic E-state index is 13.6. The average molecular weight is 562 g/mol. The van der Waals surface area contributed by atoms with Gasteiger partial charge in [0.2, 0.25) is 5.91 Å². The van der Waals surface area contributed by atoms with Gasteiger partial charge in [0.25, 0.3) is 5.91 Å². The molecule has 0 radical (unpaired) electrons. The molecule has 5 N–H and O–H groups in total. The number of rotatable bonds is 8. The monoisotopic (exact) mass is 561 g/mol. The van der Waals surface area contributed by atoms with Gasteiger partial charge in [-0.05, 0) is 75.2 Å². The number of carbonyl (C=O) groups is 2. The van der Waals surface area contributed by atoms with Crippen LogP contribution in [-0.4, -0.2) is 46.1 Å². The summed E-state index contributed by atoms with van der Waals surface area (Å²) in [5.74, 6) is -1.01. The third-order valence-corrected chi connectivity index (χ3v) is 8.38. The summed E-state index contributed by atoms with van der Waals surface area (Å²) >= 11 is 1.50. The molecule has 1 aliphatic heterocycles. The van der Waals surface area contributed by atoms with Crippen molar-refractivity contribution < 1.29 is 23.8 Å². The van der Waals surface area contributed by atoms with Crippen molar-refractivity contribution in [2.45, 2.75) is 43.7 Å². The fourth-order valence-corrected chi connectivity index (χ4v) is 5.62. The summed E-state index contributed by atoms with van der Waals surface area (Å²) in [4.78, 5) is 34.7. The molecule has 1 fully saturated rings. The number of amides is 2. The van der Waals surface area contributed by atoms with Gasteiger partial charge in [-0.15, -0.1) is 0 Å². The Bertz CT molecular complexity index is 1650. The van der Waals surface area contributed by atoms with Crippen LogP contribution in [0.15, 0.2) is 48.5 Å². The van der Waals surface area contributed by atoms with Crippen LogP contribution >= 0.6 is 11.3 Å². The standard InChI is InChI=1S/C29H28FN5O4S/c1-28(26(31)37)14-39-24-19(28)12-22(35-23(24)15-3-6-17(30)7-4-15)29(2,38)13-32-25(36)16-5-10-20-21(11-16)40-27(34-20)33-18-8-9-18/h3-7,10-12,18,38H,8-9,13-14H2,1-2H3,(H2,31,37)(H,32,36)(H,33,34)/t28-,29-/m0/s1. The van der Waals surface area contributed by atoms with Crippen molar-refractivity contribution in [3.63, 3.8) is 0 Å². The van der Waals surface area contributed by atoms with Crippen LogP contribution in [0.1, 0.15) is 48.3 Å². The maximum Gasteiger partial charge on any atom is 0.251 e. The number of primary amides is 1. The lowest BCUT2D eigenvalue weighted by Gasteiger charge is -2.26. The Morgan fingerprint density at radius 3 is 2.65 bits per heavy atom. The quantitative estimate of drug-likeness (QED) is 0.256. The Kier molecular flexibility index (Phi) is 6.23. The van der Waals surface area contributed by atoms with Gasteiger partial charge in [0.15, 0.2) is 5.13 Å². The minimum atomic E-state index is -1.63. The molecular weight excluding hydrogens is 533 g/mol. The molecule has 0 saturated heterocycles. The summed E-state index contributed by atoms with van der Waals surface area (Å²) in [6, 6.07) is 13.0. The molecule has 9 nitrogen and oxygen atoms in total. The molecule has 1 saturated carbocycles. The molecular formula is C29H28FN5O4S. The number of hydrogen-bond acceptors (Lipinski definition) is 8. The molecule has 2 aliphatic rings. The number of fused-ring (bicyclic) bond motifs is 2. The number of nitrogens with one attached hydrogen (secondary N) is 2. The van der Waals surface area contributed by atoms with Gasteiger partial charge in [-0.1, -0.05) is 11.3 Å². The summed E-state index contributed by atoms with van der Waals surface area (Å²) < 4.78 is 20.4. The van der Waals surface area contributed by atoms with Crippen molar-refractivity contribution in [3.05, 3.63) is 71.2 Å². The van der Waals surface area contributed by atoms with Crippen LogP contribution in [-0.2, 0) is 15.8 Å². The van der Waals surface area contributed by atoms with Crippen molar-refractivity contribution in [2.24, 2.45) is 5.73 Å². The second kappa shape index (κ2) is 9.53. The maximum atomic E-state index is 13.6. The third-order valence-electron chi connectivity index (χ3n) is 7.43. The van der Waals surface area contributed by atoms with E-state index in [0.29, 0.717) is 34.2 Å². The first-order chi connectivity index (χ1) is 19.0. The molecule has 40 heavy (non-hydrogen) atoms. The molecule has 0 spiro atoms. The second-order valence-corrected chi connectivity index (χ2v) is 11.8. The Hall–Kier alpha value is -4.09. The first-order valence-corrected chi connectivity index (χ1v) is 13.8. The van der Waals surface area contributed by atoms with E-state index in [1.807, 2.05) is 0 Å². The van der Waals surface area contributed by atoms with Crippen molar-refractivity contribution in [1.82, 2.24) is 15.3 Å². The zero-order valence-electron chi connectivity index (χ0n) is 22.0. The van der Waals surface area contributed by atoms with Crippen LogP contribution in [0.3, 0.4) is 0 Å². The molecule has 3 heterocycles. The van der Waals surface area contributed by atoms with Gasteiger partial charge in [0.1, 0.15) is 34.9 Å². The van der Waals surface area contributed by atoms with Crippen LogP contribution in [0.5, 0.6) is 5.75 Å². The normalized spacial score (nSPS) is 19.5. The number of aromatic nitrogens is 2. The van der Waals surface area contributed by atoms with Gasteiger partial charge < -0.3 is 26.2 Å². The lowest BCUT2D eigenvalue weighted by Crippen LogP contribution is -2.41. The number of nitrogens with zero attached hydrogens (tertiary/aromatic N) is 2. The molecule has 2 aromatic carbocycles. The average Bonchev–Trinajstić information content (AvgIpc) is 3.54. The fraction of sp³-hybridized carbons (Fsp3) is 0.310. The van der Waals surface area contributed by atoms with Crippen LogP contribution in [0.25, 0.3) is 21.5 Å². The molecule has 206 valence electrons. The zero-order chi connectivity index (χ0) is 28.2. The Morgan fingerprint density at radius 1 is 1.20 bits per heavy atom. The Labute approximate surface area is 233 Å². The van der Waals surface area contributed by atoms with E-state index >= 15 is 0 Å². The number of aliphatic hydroxyl groups is 1. The number of pyridine rings is 1. The van der Waals surface area contributed by atoms with E-state index in [2.05, 4.69) is 20.6 Å². The predicted octanol–water partition coefficient (Wildman–Crippen LogP) is 3.84. The van der Waals surface area contributed by atoms with E-state index in [-0.39, 0.29) is 24.8 Å². The van der Waals surface area contributed by atoms with Crippen LogP contribution < -0.4 is 21.1 Å². The molecule has 2 aromatic heterocycles. The minimum Gasteiger partial charge on any atom is -0.489 e.